The van der Waals surface area contributed by atoms with Crippen LogP contribution >= 0.6 is 15.9 Å². The number of hydrogen-bond donors (Lipinski definition) is 2. The van der Waals surface area contributed by atoms with E-state index in [9.17, 15) is 0 Å². The molecule has 3 N–H and O–H groups in total. The fraction of sp³-hybridized carbons (Fsp3) is 0.0909. The molecule has 0 unspecified atom stereocenters. The van der Waals surface area contributed by atoms with Crippen LogP contribution in [0.4, 0.5) is 11.5 Å². The molecule has 0 aliphatic heterocycles. The van der Waals surface area contributed by atoms with Crippen molar-refractivity contribution in [3.63, 3.8) is 0 Å². The Balaban J connectivity index is 1.58. The zero-order valence-corrected chi connectivity index (χ0v) is 16.9. The van der Waals surface area contributed by atoms with Gasteiger partial charge in [-0.05, 0) is 63.5 Å². The van der Waals surface area contributed by atoms with Gasteiger partial charge in [0.05, 0.1) is 22.8 Å². The van der Waals surface area contributed by atoms with Gasteiger partial charge in [0.1, 0.15) is 11.6 Å². The lowest BCUT2D eigenvalue weighted by Crippen LogP contribution is -2.02. The highest BCUT2D eigenvalue weighted by molar-refractivity contribution is 9.10. The molecule has 0 radical (unpaired) electrons. The third-order valence-electron chi connectivity index (χ3n) is 4.48. The van der Waals surface area contributed by atoms with Crippen LogP contribution in [0.2, 0.25) is 0 Å². The normalized spacial score (nSPS) is 10.8. The highest BCUT2D eigenvalue weighted by Crippen LogP contribution is 2.29. The second kappa shape index (κ2) is 7.86. The molecule has 140 valence electrons. The van der Waals surface area contributed by atoms with Crippen LogP contribution in [-0.4, -0.2) is 17.1 Å². The molecule has 6 heteroatoms. The lowest BCUT2D eigenvalue weighted by Gasteiger charge is -2.11. The molecular formula is C22H19BrN4O. The summed E-state index contributed by atoms with van der Waals surface area (Å²) in [5.74, 6) is 1.65. The highest BCUT2D eigenvalue weighted by atomic mass is 79.9. The Hall–Kier alpha value is -3.12. The molecule has 4 aromatic rings. The summed E-state index contributed by atoms with van der Waals surface area (Å²) < 4.78 is 6.11. The number of nitrogen functional groups attached to an aromatic ring is 1. The van der Waals surface area contributed by atoms with Gasteiger partial charge in [0.2, 0.25) is 0 Å². The molecule has 0 fully saturated rings. The van der Waals surface area contributed by atoms with Gasteiger partial charge in [-0.2, -0.15) is 0 Å². The number of nitrogens with zero attached hydrogens (tertiary/aromatic N) is 2. The number of nitrogens with one attached hydrogen (secondary N) is 1. The van der Waals surface area contributed by atoms with Crippen LogP contribution in [0.3, 0.4) is 0 Å². The minimum absolute atomic E-state index is 0.648. The zero-order valence-electron chi connectivity index (χ0n) is 15.3. The van der Waals surface area contributed by atoms with Crippen LogP contribution in [0.5, 0.6) is 5.75 Å². The number of pyridine rings is 2. The van der Waals surface area contributed by atoms with E-state index in [1.807, 2.05) is 48.7 Å². The number of fused-ring (bicyclic) bond motifs is 1. The van der Waals surface area contributed by atoms with Crippen molar-refractivity contribution in [3.8, 4) is 16.9 Å². The maximum absolute atomic E-state index is 5.85. The number of hydrogen-bond acceptors (Lipinski definition) is 5. The van der Waals surface area contributed by atoms with Crippen molar-refractivity contribution >= 4 is 38.3 Å². The van der Waals surface area contributed by atoms with Gasteiger partial charge in [-0.3, -0.25) is 4.98 Å². The van der Waals surface area contributed by atoms with Gasteiger partial charge in [0, 0.05) is 29.9 Å². The monoisotopic (exact) mass is 434 g/mol. The first-order valence-electron chi connectivity index (χ1n) is 8.80. The molecule has 4 rings (SSSR count). The van der Waals surface area contributed by atoms with Gasteiger partial charge in [-0.25, -0.2) is 4.98 Å². The molecule has 2 heterocycles. The van der Waals surface area contributed by atoms with Gasteiger partial charge in [-0.15, -0.1) is 0 Å². The Bertz CT molecular complexity index is 1130. The Morgan fingerprint density at radius 1 is 1.00 bits per heavy atom. The van der Waals surface area contributed by atoms with E-state index in [1.165, 1.54) is 0 Å². The Morgan fingerprint density at radius 2 is 1.82 bits per heavy atom. The lowest BCUT2D eigenvalue weighted by atomic mass is 10.0. The fourth-order valence-electron chi connectivity index (χ4n) is 3.00. The van der Waals surface area contributed by atoms with Crippen molar-refractivity contribution in [2.75, 3.05) is 18.2 Å². The van der Waals surface area contributed by atoms with Gasteiger partial charge in [-0.1, -0.05) is 18.2 Å². The van der Waals surface area contributed by atoms with Crippen molar-refractivity contribution in [1.82, 2.24) is 9.97 Å². The maximum Gasteiger partial charge on any atom is 0.141 e. The Kier molecular flexibility index (Phi) is 5.12. The topological polar surface area (TPSA) is 73.1 Å². The predicted molar refractivity (Wildman–Crippen MR) is 117 cm³/mol. The number of anilines is 2. The standard InChI is InChI=1S/C22H19BrN4O/c1-28-19-5-2-14(3-6-19)11-26-22-20(23)10-16-8-15(4-7-21(16)27-22)17-9-18(24)13-25-12-17/h2-10,12-13H,11,24H2,1H3,(H,26,27). The van der Waals surface area contributed by atoms with Crippen molar-refractivity contribution in [1.29, 1.82) is 0 Å². The van der Waals surface area contributed by atoms with Crippen molar-refractivity contribution in [2.24, 2.45) is 0 Å². The number of rotatable bonds is 5. The first-order valence-corrected chi connectivity index (χ1v) is 9.60. The van der Waals surface area contributed by atoms with Gasteiger partial charge in [0.25, 0.3) is 0 Å². The molecule has 0 bridgehead atoms. The van der Waals surface area contributed by atoms with Crippen LogP contribution in [0.15, 0.2) is 71.5 Å². The number of ether oxygens (including phenoxy) is 1. The second-order valence-corrected chi connectivity index (χ2v) is 7.29. The SMILES string of the molecule is COc1ccc(CNc2nc3ccc(-c4cncc(N)c4)cc3cc2Br)cc1. The molecular weight excluding hydrogens is 416 g/mol. The number of methoxy groups -OCH3 is 1. The van der Waals surface area contributed by atoms with E-state index < -0.39 is 0 Å². The average molecular weight is 435 g/mol. The Morgan fingerprint density at radius 3 is 2.57 bits per heavy atom. The number of halogens is 1. The second-order valence-electron chi connectivity index (χ2n) is 6.43. The Labute approximate surface area is 171 Å². The summed E-state index contributed by atoms with van der Waals surface area (Å²) in [4.78, 5) is 8.92. The van der Waals surface area contributed by atoms with E-state index in [-0.39, 0.29) is 0 Å². The van der Waals surface area contributed by atoms with Crippen LogP contribution in [-0.2, 0) is 6.54 Å². The molecule has 2 aromatic carbocycles. The molecule has 0 atom stereocenters. The summed E-state index contributed by atoms with van der Waals surface area (Å²) in [5.41, 5.74) is 10.6. The first-order chi connectivity index (χ1) is 13.6. The zero-order chi connectivity index (χ0) is 19.5. The van der Waals surface area contributed by atoms with E-state index in [1.54, 1.807) is 13.3 Å². The summed E-state index contributed by atoms with van der Waals surface area (Å²) in [6.45, 7) is 0.675. The molecule has 0 saturated carbocycles. The molecule has 0 saturated heterocycles. The molecule has 0 spiro atoms. The molecule has 28 heavy (non-hydrogen) atoms. The van der Waals surface area contributed by atoms with Crippen LogP contribution in [0, 0.1) is 0 Å². The molecule has 2 aromatic heterocycles. The fourth-order valence-corrected chi connectivity index (χ4v) is 3.47. The summed E-state index contributed by atoms with van der Waals surface area (Å²) in [6, 6.07) is 18.1. The van der Waals surface area contributed by atoms with Crippen molar-refractivity contribution < 1.29 is 4.74 Å². The third-order valence-corrected chi connectivity index (χ3v) is 5.08. The minimum atomic E-state index is 0.648. The van der Waals surface area contributed by atoms with E-state index in [0.717, 1.165) is 43.6 Å². The van der Waals surface area contributed by atoms with Crippen molar-refractivity contribution in [3.05, 3.63) is 77.0 Å². The number of nitrogens with two attached hydrogens (primary N) is 1. The summed E-state index contributed by atoms with van der Waals surface area (Å²) >= 11 is 3.63. The predicted octanol–water partition coefficient (Wildman–Crippen LogP) is 5.26. The van der Waals surface area contributed by atoms with Gasteiger partial charge < -0.3 is 15.8 Å². The number of benzene rings is 2. The summed E-state index contributed by atoms with van der Waals surface area (Å²) in [7, 11) is 1.66. The molecule has 0 aliphatic rings. The quantitative estimate of drug-likeness (QED) is 0.447. The van der Waals surface area contributed by atoms with Gasteiger partial charge >= 0.3 is 0 Å². The van der Waals surface area contributed by atoms with E-state index in [0.29, 0.717) is 12.2 Å². The third kappa shape index (κ3) is 3.92. The maximum atomic E-state index is 5.85. The highest BCUT2D eigenvalue weighted by Gasteiger charge is 2.07. The largest absolute Gasteiger partial charge is 0.497 e. The smallest absolute Gasteiger partial charge is 0.141 e. The van der Waals surface area contributed by atoms with E-state index in [4.69, 9.17) is 15.5 Å². The summed E-state index contributed by atoms with van der Waals surface area (Å²) in [6.07, 6.45) is 3.45. The average Bonchev–Trinajstić information content (AvgIpc) is 2.72. The van der Waals surface area contributed by atoms with E-state index >= 15 is 0 Å². The van der Waals surface area contributed by atoms with Crippen molar-refractivity contribution in [2.45, 2.75) is 6.54 Å². The number of aromatic nitrogens is 2. The van der Waals surface area contributed by atoms with Crippen LogP contribution in [0.25, 0.3) is 22.0 Å². The van der Waals surface area contributed by atoms with E-state index in [2.05, 4.69) is 38.4 Å². The molecule has 0 amide bonds. The molecule has 0 aliphatic carbocycles. The van der Waals surface area contributed by atoms with Crippen LogP contribution in [0.1, 0.15) is 5.56 Å². The minimum Gasteiger partial charge on any atom is -0.497 e. The molecule has 5 nitrogen and oxygen atoms in total. The first kappa shape index (κ1) is 18.3. The van der Waals surface area contributed by atoms with Crippen LogP contribution < -0.4 is 15.8 Å². The summed E-state index contributed by atoms with van der Waals surface area (Å²) in [5, 5.41) is 4.43. The lowest BCUT2D eigenvalue weighted by molar-refractivity contribution is 0.414. The van der Waals surface area contributed by atoms with Gasteiger partial charge in [0.15, 0.2) is 0 Å².